The van der Waals surface area contributed by atoms with Crippen molar-refractivity contribution in [2.75, 3.05) is 0 Å². The Labute approximate surface area is 189 Å². The van der Waals surface area contributed by atoms with Gasteiger partial charge in [0.05, 0.1) is 22.8 Å². The molecule has 1 saturated carbocycles. The summed E-state index contributed by atoms with van der Waals surface area (Å²) in [7, 11) is 1.53. The van der Waals surface area contributed by atoms with Crippen LogP contribution in [0.4, 0.5) is 0 Å². The van der Waals surface area contributed by atoms with E-state index in [-0.39, 0.29) is 25.3 Å². The van der Waals surface area contributed by atoms with E-state index >= 15 is 0 Å². The van der Waals surface area contributed by atoms with Crippen LogP contribution < -0.4 is 16.6 Å². The summed E-state index contributed by atoms with van der Waals surface area (Å²) in [6, 6.07) is 0. The number of aliphatic carboxylic acids is 1. The van der Waals surface area contributed by atoms with Gasteiger partial charge in [-0.25, -0.2) is 4.79 Å². The predicted octanol–water partition coefficient (Wildman–Crippen LogP) is -0.300. The molecule has 0 saturated heterocycles. The number of carboxylic acids is 1. The number of hydrogen-bond donors (Lipinski definition) is 4. The number of carbonyl (C=O) groups excluding carboxylic acids is 1. The van der Waals surface area contributed by atoms with Crippen LogP contribution in [0.1, 0.15) is 56.2 Å². The van der Waals surface area contributed by atoms with E-state index in [1.165, 1.54) is 17.8 Å². The van der Waals surface area contributed by atoms with Crippen molar-refractivity contribution in [1.29, 1.82) is 0 Å². The van der Waals surface area contributed by atoms with Crippen molar-refractivity contribution < 1.29 is 19.8 Å². The van der Waals surface area contributed by atoms with Gasteiger partial charge in [0, 0.05) is 45.4 Å². The highest BCUT2D eigenvalue weighted by molar-refractivity contribution is 5.75. The number of nitrogens with zero attached hydrogens (tertiary/aromatic N) is 4. The van der Waals surface area contributed by atoms with E-state index in [2.05, 4.69) is 20.6 Å². The van der Waals surface area contributed by atoms with Gasteiger partial charge in [-0.15, -0.1) is 5.10 Å². The molecule has 180 valence electrons. The predicted molar refractivity (Wildman–Crippen MR) is 116 cm³/mol. The summed E-state index contributed by atoms with van der Waals surface area (Å²) in [5, 5.41) is 30.1. The molecule has 12 heteroatoms. The van der Waals surface area contributed by atoms with Gasteiger partial charge in [0.2, 0.25) is 5.91 Å². The fraction of sp³-hybridized carbons (Fsp3) is 0.619. The summed E-state index contributed by atoms with van der Waals surface area (Å²) in [6.07, 6.45) is 7.69. The number of aromatic nitrogens is 5. The van der Waals surface area contributed by atoms with Crippen LogP contribution in [-0.2, 0) is 36.1 Å². The standard InChI is InChI=1S/C21H30N6O6/c1-26-12-15(18(29)23-20(26)32)11-22-17(28)6-4-2-3-5-7-27-13-16(24-25-27)10-21(33)8-14(9-21)19(30)31/h12-14,33H,2-11H2,1H3,(H,22,28)(H,30,31)(H,23,29,32). The zero-order valence-corrected chi connectivity index (χ0v) is 18.6. The fourth-order valence-corrected chi connectivity index (χ4v) is 3.98. The fourth-order valence-electron chi connectivity index (χ4n) is 3.98. The molecule has 0 atom stereocenters. The van der Waals surface area contributed by atoms with Gasteiger partial charge in [0.1, 0.15) is 0 Å². The van der Waals surface area contributed by atoms with Crippen LogP contribution in [-0.4, -0.2) is 52.2 Å². The maximum absolute atomic E-state index is 12.0. The summed E-state index contributed by atoms with van der Waals surface area (Å²) in [4.78, 5) is 48.1. The number of aromatic amines is 1. The number of H-pyrrole nitrogens is 1. The first-order chi connectivity index (χ1) is 15.6. The number of aliphatic hydroxyl groups is 1. The molecule has 0 spiro atoms. The molecule has 0 aromatic carbocycles. The summed E-state index contributed by atoms with van der Waals surface area (Å²) in [5.74, 6) is -1.51. The second kappa shape index (κ2) is 10.6. The zero-order chi connectivity index (χ0) is 24.0. The molecule has 1 amide bonds. The molecular weight excluding hydrogens is 432 g/mol. The van der Waals surface area contributed by atoms with Gasteiger partial charge < -0.3 is 20.1 Å². The minimum absolute atomic E-state index is 0.0724. The number of amides is 1. The molecule has 0 radical (unpaired) electrons. The number of carbonyl (C=O) groups is 2. The quantitative estimate of drug-likeness (QED) is 0.311. The smallest absolute Gasteiger partial charge is 0.328 e. The number of aryl methyl sites for hydroxylation is 2. The van der Waals surface area contributed by atoms with E-state index in [0.717, 1.165) is 25.7 Å². The normalized spacial score (nSPS) is 19.8. The van der Waals surface area contributed by atoms with Crippen LogP contribution in [0.5, 0.6) is 0 Å². The molecule has 1 aliphatic carbocycles. The van der Waals surface area contributed by atoms with Crippen molar-refractivity contribution in [2.24, 2.45) is 13.0 Å². The third-order valence-electron chi connectivity index (χ3n) is 5.90. The topological polar surface area (TPSA) is 172 Å². The molecule has 4 N–H and O–H groups in total. The molecule has 1 fully saturated rings. The molecule has 12 nitrogen and oxygen atoms in total. The second-order valence-corrected chi connectivity index (χ2v) is 8.78. The van der Waals surface area contributed by atoms with Gasteiger partial charge in [-0.3, -0.25) is 24.0 Å². The minimum Gasteiger partial charge on any atom is -0.481 e. The Morgan fingerprint density at radius 2 is 1.94 bits per heavy atom. The highest BCUT2D eigenvalue weighted by atomic mass is 16.4. The van der Waals surface area contributed by atoms with Crippen molar-refractivity contribution in [3.05, 3.63) is 44.5 Å². The molecule has 33 heavy (non-hydrogen) atoms. The van der Waals surface area contributed by atoms with Crippen LogP contribution in [0.15, 0.2) is 22.0 Å². The SMILES string of the molecule is Cn1cc(CNC(=O)CCCCCCn2cc(CC3(O)CC(C(=O)O)C3)nn2)c(=O)[nH]c1=O. The van der Waals surface area contributed by atoms with Crippen molar-refractivity contribution in [3.8, 4) is 0 Å². The van der Waals surface area contributed by atoms with Gasteiger partial charge >= 0.3 is 11.7 Å². The Morgan fingerprint density at radius 1 is 1.21 bits per heavy atom. The zero-order valence-electron chi connectivity index (χ0n) is 18.6. The van der Waals surface area contributed by atoms with Crippen LogP contribution in [0.2, 0.25) is 0 Å². The Morgan fingerprint density at radius 3 is 2.67 bits per heavy atom. The molecule has 3 rings (SSSR count). The van der Waals surface area contributed by atoms with Crippen LogP contribution in [0, 0.1) is 5.92 Å². The van der Waals surface area contributed by atoms with E-state index in [0.29, 0.717) is 30.6 Å². The highest BCUT2D eigenvalue weighted by Gasteiger charge is 2.46. The van der Waals surface area contributed by atoms with E-state index in [1.54, 1.807) is 10.9 Å². The number of hydrogen-bond acceptors (Lipinski definition) is 7. The van der Waals surface area contributed by atoms with Crippen LogP contribution in [0.25, 0.3) is 0 Å². The Kier molecular flexibility index (Phi) is 7.79. The van der Waals surface area contributed by atoms with Gasteiger partial charge in [-0.1, -0.05) is 18.1 Å². The lowest BCUT2D eigenvalue weighted by Gasteiger charge is -2.41. The summed E-state index contributed by atoms with van der Waals surface area (Å²) in [5.41, 5.74) is -1.03. The molecular formula is C21H30N6O6. The van der Waals surface area contributed by atoms with Gasteiger partial charge in [-0.05, 0) is 25.7 Å². The lowest BCUT2D eigenvalue weighted by atomic mass is 9.69. The van der Waals surface area contributed by atoms with Gasteiger partial charge in [0.25, 0.3) is 5.56 Å². The van der Waals surface area contributed by atoms with Crippen LogP contribution >= 0.6 is 0 Å². The third kappa shape index (κ3) is 6.85. The van der Waals surface area contributed by atoms with Crippen molar-refractivity contribution >= 4 is 11.9 Å². The van der Waals surface area contributed by atoms with Gasteiger partial charge in [-0.2, -0.15) is 0 Å². The number of rotatable bonds is 12. The molecule has 2 heterocycles. The first kappa shape index (κ1) is 24.4. The first-order valence-corrected chi connectivity index (χ1v) is 11.0. The third-order valence-corrected chi connectivity index (χ3v) is 5.90. The first-order valence-electron chi connectivity index (χ1n) is 11.0. The lowest BCUT2D eigenvalue weighted by molar-refractivity contribution is -0.158. The van der Waals surface area contributed by atoms with Crippen molar-refractivity contribution in [2.45, 2.75) is 70.1 Å². The molecule has 0 bridgehead atoms. The molecule has 0 unspecified atom stereocenters. The van der Waals surface area contributed by atoms with E-state index in [4.69, 9.17) is 5.11 Å². The minimum atomic E-state index is -1.00. The van der Waals surface area contributed by atoms with Crippen molar-refractivity contribution in [1.82, 2.24) is 29.9 Å². The molecule has 0 aliphatic heterocycles. The van der Waals surface area contributed by atoms with Crippen molar-refractivity contribution in [3.63, 3.8) is 0 Å². The highest BCUT2D eigenvalue weighted by Crippen LogP contribution is 2.39. The second-order valence-electron chi connectivity index (χ2n) is 8.78. The monoisotopic (exact) mass is 462 g/mol. The molecule has 2 aromatic heterocycles. The van der Waals surface area contributed by atoms with Crippen LogP contribution in [0.3, 0.4) is 0 Å². The Balaban J connectivity index is 1.27. The number of unbranched alkanes of at least 4 members (excludes halogenated alkanes) is 3. The van der Waals surface area contributed by atoms with E-state index in [1.807, 2.05) is 0 Å². The molecule has 2 aromatic rings. The largest absolute Gasteiger partial charge is 0.481 e. The average molecular weight is 463 g/mol. The maximum atomic E-state index is 12.0. The Hall–Kier alpha value is -3.28. The van der Waals surface area contributed by atoms with E-state index in [9.17, 15) is 24.3 Å². The Bertz CT molecular complexity index is 1100. The van der Waals surface area contributed by atoms with E-state index < -0.39 is 28.7 Å². The van der Waals surface area contributed by atoms with Gasteiger partial charge in [0.15, 0.2) is 0 Å². The maximum Gasteiger partial charge on any atom is 0.328 e. The summed E-state index contributed by atoms with van der Waals surface area (Å²) in [6.45, 7) is 0.744. The average Bonchev–Trinajstić information content (AvgIpc) is 3.17. The summed E-state index contributed by atoms with van der Waals surface area (Å²) >= 11 is 0. The number of nitrogens with one attached hydrogen (secondary N) is 2. The molecule has 1 aliphatic rings. The lowest BCUT2D eigenvalue weighted by Crippen LogP contribution is -2.48. The number of carboxylic acid groups (broad SMARTS) is 1. The summed E-state index contributed by atoms with van der Waals surface area (Å²) < 4.78 is 2.97.